The van der Waals surface area contributed by atoms with Crippen LogP contribution in [0.1, 0.15) is 44.2 Å². The molecule has 2 heteroatoms. The molecule has 0 spiro atoms. The Hall–Kier alpha value is -1.33. The summed E-state index contributed by atoms with van der Waals surface area (Å²) in [6, 6.07) is 11.2. The highest BCUT2D eigenvalue weighted by molar-refractivity contribution is 5.28. The van der Waals surface area contributed by atoms with E-state index in [0.29, 0.717) is 0 Å². The lowest BCUT2D eigenvalue weighted by Crippen LogP contribution is -2.31. The quantitative estimate of drug-likeness (QED) is 0.750. The first-order chi connectivity index (χ1) is 9.11. The molecule has 1 heterocycles. The summed E-state index contributed by atoms with van der Waals surface area (Å²) < 4.78 is 0. The molecule has 2 nitrogen and oxygen atoms in total. The van der Waals surface area contributed by atoms with Crippen LogP contribution in [0.4, 0.5) is 0 Å². The van der Waals surface area contributed by atoms with Crippen LogP contribution in [-0.2, 0) is 13.0 Å². The van der Waals surface area contributed by atoms with Gasteiger partial charge in [0.05, 0.1) is 11.5 Å². The molecular formula is C17H24N2. The molecule has 1 aromatic carbocycles. The fourth-order valence-electron chi connectivity index (χ4n) is 2.70. The van der Waals surface area contributed by atoms with Gasteiger partial charge < -0.3 is 0 Å². The van der Waals surface area contributed by atoms with Gasteiger partial charge in [0.25, 0.3) is 0 Å². The summed E-state index contributed by atoms with van der Waals surface area (Å²) in [4.78, 5) is 2.54. The summed E-state index contributed by atoms with van der Waals surface area (Å²) in [7, 11) is 0. The molecule has 0 saturated heterocycles. The first-order valence-electron chi connectivity index (χ1n) is 7.31. The number of hydrogen-bond acceptors (Lipinski definition) is 2. The number of nitriles is 1. The molecule has 19 heavy (non-hydrogen) atoms. The van der Waals surface area contributed by atoms with Crippen LogP contribution in [0.25, 0.3) is 0 Å². The minimum Gasteiger partial charge on any atom is -0.299 e. The Labute approximate surface area is 117 Å². The molecule has 1 aliphatic rings. The van der Waals surface area contributed by atoms with Crippen LogP contribution in [0.15, 0.2) is 24.3 Å². The minimum atomic E-state index is -0.158. The van der Waals surface area contributed by atoms with Gasteiger partial charge in [-0.1, -0.05) is 30.7 Å². The molecule has 102 valence electrons. The van der Waals surface area contributed by atoms with E-state index in [1.54, 1.807) is 0 Å². The lowest BCUT2D eigenvalue weighted by Gasteiger charge is -2.28. The summed E-state index contributed by atoms with van der Waals surface area (Å²) in [5.41, 5.74) is 2.85. The highest BCUT2D eigenvalue weighted by Gasteiger charge is 2.17. The van der Waals surface area contributed by atoms with E-state index in [4.69, 9.17) is 5.26 Å². The van der Waals surface area contributed by atoms with E-state index >= 15 is 0 Å². The van der Waals surface area contributed by atoms with Crippen LogP contribution in [0, 0.1) is 16.7 Å². The average molecular weight is 256 g/mol. The zero-order chi connectivity index (χ0) is 13.7. The molecule has 0 N–H and O–H groups in total. The van der Waals surface area contributed by atoms with Crippen LogP contribution in [0.3, 0.4) is 0 Å². The Morgan fingerprint density at radius 3 is 2.68 bits per heavy atom. The monoisotopic (exact) mass is 256 g/mol. The van der Waals surface area contributed by atoms with Crippen molar-refractivity contribution in [2.45, 2.75) is 46.1 Å². The molecule has 0 aliphatic carbocycles. The molecule has 0 atom stereocenters. The number of nitrogens with zero attached hydrogens (tertiary/aromatic N) is 2. The van der Waals surface area contributed by atoms with Crippen molar-refractivity contribution in [3.05, 3.63) is 35.4 Å². The first-order valence-corrected chi connectivity index (χ1v) is 7.31. The summed E-state index contributed by atoms with van der Waals surface area (Å²) >= 11 is 0. The van der Waals surface area contributed by atoms with Gasteiger partial charge in [0, 0.05) is 13.1 Å². The van der Waals surface area contributed by atoms with Gasteiger partial charge in [0.2, 0.25) is 0 Å². The largest absolute Gasteiger partial charge is 0.299 e. The predicted molar refractivity (Wildman–Crippen MR) is 78.7 cm³/mol. The van der Waals surface area contributed by atoms with Gasteiger partial charge >= 0.3 is 0 Å². The highest BCUT2D eigenvalue weighted by atomic mass is 15.1. The van der Waals surface area contributed by atoms with E-state index in [1.807, 2.05) is 13.8 Å². The Morgan fingerprint density at radius 1 is 1.21 bits per heavy atom. The molecule has 0 unspecified atom stereocenters. The molecule has 1 aromatic rings. The van der Waals surface area contributed by atoms with Crippen molar-refractivity contribution in [2.75, 3.05) is 13.1 Å². The third-order valence-corrected chi connectivity index (χ3v) is 4.04. The number of fused-ring (bicyclic) bond motifs is 1. The normalized spacial score (nSPS) is 15.8. The Bertz CT molecular complexity index is 457. The van der Waals surface area contributed by atoms with Crippen LogP contribution in [-0.4, -0.2) is 18.0 Å². The molecule has 0 amide bonds. The smallest absolute Gasteiger partial charge is 0.0683 e. The topological polar surface area (TPSA) is 27.0 Å². The third kappa shape index (κ3) is 4.08. The van der Waals surface area contributed by atoms with Crippen LogP contribution in [0.5, 0.6) is 0 Å². The van der Waals surface area contributed by atoms with Gasteiger partial charge in [-0.05, 0) is 50.8 Å². The summed E-state index contributed by atoms with van der Waals surface area (Å²) in [6.45, 7) is 7.50. The molecule has 0 bridgehead atoms. The van der Waals surface area contributed by atoms with Gasteiger partial charge in [-0.2, -0.15) is 5.26 Å². The highest BCUT2D eigenvalue weighted by Crippen LogP contribution is 2.23. The number of benzene rings is 1. The van der Waals surface area contributed by atoms with Crippen molar-refractivity contribution in [3.63, 3.8) is 0 Å². The first kappa shape index (κ1) is 14.1. The SMILES string of the molecule is CC(C)(C#N)CCCCN1CCc2ccccc2C1. The summed E-state index contributed by atoms with van der Waals surface area (Å²) in [5, 5.41) is 8.99. The zero-order valence-electron chi connectivity index (χ0n) is 12.2. The van der Waals surface area contributed by atoms with Crippen molar-refractivity contribution in [1.29, 1.82) is 5.26 Å². The van der Waals surface area contributed by atoms with E-state index in [0.717, 1.165) is 25.9 Å². The molecule has 1 aliphatic heterocycles. The number of hydrogen-bond donors (Lipinski definition) is 0. The molecule has 0 fully saturated rings. The Balaban J connectivity index is 1.73. The second-order valence-corrected chi connectivity index (χ2v) is 6.25. The van der Waals surface area contributed by atoms with Gasteiger partial charge in [-0.15, -0.1) is 0 Å². The van der Waals surface area contributed by atoms with E-state index in [-0.39, 0.29) is 5.41 Å². The van der Waals surface area contributed by atoms with Crippen molar-refractivity contribution in [3.8, 4) is 6.07 Å². The second kappa shape index (κ2) is 6.21. The van der Waals surface area contributed by atoms with Gasteiger partial charge in [-0.3, -0.25) is 4.90 Å². The maximum absolute atomic E-state index is 8.99. The van der Waals surface area contributed by atoms with E-state index in [9.17, 15) is 0 Å². The number of rotatable bonds is 5. The van der Waals surface area contributed by atoms with Crippen molar-refractivity contribution in [1.82, 2.24) is 4.90 Å². The second-order valence-electron chi connectivity index (χ2n) is 6.25. The third-order valence-electron chi connectivity index (χ3n) is 4.04. The van der Waals surface area contributed by atoms with E-state index in [1.165, 1.54) is 30.5 Å². The predicted octanol–water partition coefficient (Wildman–Crippen LogP) is 3.76. The molecule has 2 rings (SSSR count). The fraction of sp³-hybridized carbons (Fsp3) is 0.588. The standard InChI is InChI=1S/C17H24N2/c1-17(2,14-18)10-5-6-11-19-12-9-15-7-3-4-8-16(15)13-19/h3-4,7-8H,5-6,9-13H2,1-2H3. The van der Waals surface area contributed by atoms with Gasteiger partial charge in [0.15, 0.2) is 0 Å². The maximum Gasteiger partial charge on any atom is 0.0683 e. The Kier molecular flexibility index (Phi) is 4.61. The van der Waals surface area contributed by atoms with E-state index < -0.39 is 0 Å². The maximum atomic E-state index is 8.99. The van der Waals surface area contributed by atoms with Gasteiger partial charge in [-0.25, -0.2) is 0 Å². The Morgan fingerprint density at radius 2 is 1.95 bits per heavy atom. The number of unbranched alkanes of at least 4 members (excludes halogenated alkanes) is 1. The molecular weight excluding hydrogens is 232 g/mol. The summed E-state index contributed by atoms with van der Waals surface area (Å²) in [5.74, 6) is 0. The average Bonchev–Trinajstić information content (AvgIpc) is 2.43. The lowest BCUT2D eigenvalue weighted by atomic mass is 9.89. The van der Waals surface area contributed by atoms with Crippen LogP contribution in [0.2, 0.25) is 0 Å². The van der Waals surface area contributed by atoms with Gasteiger partial charge in [0.1, 0.15) is 0 Å². The van der Waals surface area contributed by atoms with Crippen LogP contribution >= 0.6 is 0 Å². The fourth-order valence-corrected chi connectivity index (χ4v) is 2.70. The summed E-state index contributed by atoms with van der Waals surface area (Å²) in [6.07, 6.45) is 4.54. The molecule has 0 saturated carbocycles. The van der Waals surface area contributed by atoms with Crippen molar-refractivity contribution < 1.29 is 0 Å². The molecule has 0 aromatic heterocycles. The van der Waals surface area contributed by atoms with Crippen molar-refractivity contribution in [2.24, 2.45) is 5.41 Å². The lowest BCUT2D eigenvalue weighted by molar-refractivity contribution is 0.244. The van der Waals surface area contributed by atoms with Crippen LogP contribution < -0.4 is 0 Å². The molecule has 0 radical (unpaired) electrons. The van der Waals surface area contributed by atoms with Crippen molar-refractivity contribution >= 4 is 0 Å². The minimum absolute atomic E-state index is 0.158. The zero-order valence-corrected chi connectivity index (χ0v) is 12.2. The van der Waals surface area contributed by atoms with E-state index in [2.05, 4.69) is 35.2 Å².